The molecule has 0 unspecified atom stereocenters. The molecule has 0 saturated carbocycles. The summed E-state index contributed by atoms with van der Waals surface area (Å²) in [5.74, 6) is 1.10. The number of ether oxygens (including phenoxy) is 2. The van der Waals surface area contributed by atoms with Crippen LogP contribution in [-0.2, 0) is 22.3 Å². The number of carbonyl (C=O) groups excluding carboxylic acids is 1. The predicted octanol–water partition coefficient (Wildman–Crippen LogP) is 9.47. The lowest BCUT2D eigenvalue weighted by molar-refractivity contribution is -0.139. The molecule has 1 aromatic heterocycles. The number of aromatic nitrogens is 2. The van der Waals surface area contributed by atoms with Gasteiger partial charge in [-0.2, -0.15) is 13.2 Å². The minimum absolute atomic E-state index is 0.0691. The fourth-order valence-electron chi connectivity index (χ4n) is 4.35. The molecule has 0 amide bonds. The van der Waals surface area contributed by atoms with E-state index in [1.165, 1.54) is 19.2 Å². The minimum atomic E-state index is -4.40. The van der Waals surface area contributed by atoms with Gasteiger partial charge in [-0.15, -0.1) is 0 Å². The number of hydrogen-bond acceptors (Lipinski definition) is 5. The van der Waals surface area contributed by atoms with Gasteiger partial charge in [0.2, 0.25) is 0 Å². The first kappa shape index (κ1) is 31.7. The Morgan fingerprint density at radius 2 is 1.58 bits per heavy atom. The number of methoxy groups -OCH3 is 1. The van der Waals surface area contributed by atoms with E-state index in [4.69, 9.17) is 32.9 Å². The minimum Gasteiger partial charge on any atom is -0.468 e. The SMILES string of the molecule is COC(=O)CNc1ccc(Cn2cc(-c3ccc(Cl)cc3Cl)nc2C=Cc2ccc(Oc3ccc(C(F)(F)F)cc3)cc2)cc1. The van der Waals surface area contributed by atoms with Gasteiger partial charge in [0.05, 0.1) is 23.4 Å². The summed E-state index contributed by atoms with van der Waals surface area (Å²) in [4.78, 5) is 16.3. The van der Waals surface area contributed by atoms with Crippen LogP contribution in [0.5, 0.6) is 11.5 Å². The van der Waals surface area contributed by atoms with Crippen LogP contribution in [0.4, 0.5) is 18.9 Å². The zero-order chi connectivity index (χ0) is 32.0. The van der Waals surface area contributed by atoms with Crippen LogP contribution >= 0.6 is 23.2 Å². The van der Waals surface area contributed by atoms with Gasteiger partial charge in [0, 0.05) is 29.0 Å². The number of hydrogen-bond donors (Lipinski definition) is 1. The highest BCUT2D eigenvalue weighted by Gasteiger charge is 2.30. The van der Waals surface area contributed by atoms with Crippen molar-refractivity contribution in [2.45, 2.75) is 12.7 Å². The van der Waals surface area contributed by atoms with Crippen LogP contribution in [0, 0.1) is 0 Å². The maximum atomic E-state index is 12.8. The summed E-state index contributed by atoms with van der Waals surface area (Å²) < 4.78 is 50.9. The lowest BCUT2D eigenvalue weighted by Crippen LogP contribution is -2.14. The third-order valence-corrected chi connectivity index (χ3v) is 7.26. The van der Waals surface area contributed by atoms with Crippen molar-refractivity contribution in [3.8, 4) is 22.8 Å². The fraction of sp³-hybridized carbons (Fsp3) is 0.118. The zero-order valence-electron chi connectivity index (χ0n) is 23.8. The molecule has 0 aliphatic carbocycles. The lowest BCUT2D eigenvalue weighted by Gasteiger charge is -2.09. The van der Waals surface area contributed by atoms with Crippen molar-refractivity contribution in [2.24, 2.45) is 0 Å². The fourth-order valence-corrected chi connectivity index (χ4v) is 4.86. The maximum Gasteiger partial charge on any atom is 0.416 e. The number of nitrogens with one attached hydrogen (secondary N) is 1. The van der Waals surface area contributed by atoms with Gasteiger partial charge < -0.3 is 19.4 Å². The number of esters is 1. The first-order valence-corrected chi connectivity index (χ1v) is 14.4. The first-order valence-electron chi connectivity index (χ1n) is 13.6. The number of anilines is 1. The summed E-state index contributed by atoms with van der Waals surface area (Å²) in [6, 6.07) is 24.6. The summed E-state index contributed by atoms with van der Waals surface area (Å²) in [5.41, 5.74) is 3.32. The van der Waals surface area contributed by atoms with Gasteiger partial charge >= 0.3 is 12.1 Å². The van der Waals surface area contributed by atoms with Crippen LogP contribution in [0.15, 0.2) is 97.2 Å². The average molecular weight is 653 g/mol. The van der Waals surface area contributed by atoms with E-state index in [2.05, 4.69) is 10.1 Å². The summed E-state index contributed by atoms with van der Waals surface area (Å²) in [7, 11) is 1.34. The van der Waals surface area contributed by atoms with E-state index in [9.17, 15) is 18.0 Å². The van der Waals surface area contributed by atoms with Crippen molar-refractivity contribution in [3.63, 3.8) is 0 Å². The van der Waals surface area contributed by atoms with E-state index >= 15 is 0 Å². The Morgan fingerprint density at radius 3 is 2.20 bits per heavy atom. The van der Waals surface area contributed by atoms with Crippen LogP contribution in [0.3, 0.4) is 0 Å². The second kappa shape index (κ2) is 13.9. The molecule has 1 heterocycles. The van der Waals surface area contributed by atoms with Crippen LogP contribution in [0.25, 0.3) is 23.4 Å². The molecular weight excluding hydrogens is 626 g/mol. The molecule has 0 bridgehead atoms. The molecule has 0 aliphatic rings. The molecular formula is C34H26Cl2F3N3O3. The van der Waals surface area contributed by atoms with Crippen molar-refractivity contribution in [3.05, 3.63) is 130 Å². The molecule has 0 saturated heterocycles. The van der Waals surface area contributed by atoms with Crippen molar-refractivity contribution < 1.29 is 27.4 Å². The van der Waals surface area contributed by atoms with E-state index < -0.39 is 11.7 Å². The molecule has 5 rings (SSSR count). The van der Waals surface area contributed by atoms with Gasteiger partial charge in [-0.05, 0) is 83.9 Å². The number of benzene rings is 4. The van der Waals surface area contributed by atoms with E-state index in [0.29, 0.717) is 39.6 Å². The van der Waals surface area contributed by atoms with Crippen LogP contribution in [-0.4, -0.2) is 29.2 Å². The van der Waals surface area contributed by atoms with E-state index in [-0.39, 0.29) is 12.5 Å². The van der Waals surface area contributed by atoms with Gasteiger partial charge in [0.1, 0.15) is 23.9 Å². The van der Waals surface area contributed by atoms with E-state index in [1.54, 1.807) is 24.3 Å². The van der Waals surface area contributed by atoms with Crippen molar-refractivity contribution >= 4 is 47.0 Å². The molecule has 230 valence electrons. The van der Waals surface area contributed by atoms with Crippen molar-refractivity contribution in [1.82, 2.24) is 9.55 Å². The highest BCUT2D eigenvalue weighted by Crippen LogP contribution is 2.32. The Kier molecular flexibility index (Phi) is 9.80. The number of nitrogens with zero attached hydrogens (tertiary/aromatic N) is 2. The summed E-state index contributed by atoms with van der Waals surface area (Å²) in [5, 5.41) is 4.02. The second-order valence-corrected chi connectivity index (χ2v) is 10.7. The third kappa shape index (κ3) is 8.47. The molecule has 0 fully saturated rings. The Balaban J connectivity index is 1.34. The van der Waals surface area contributed by atoms with Gasteiger partial charge in [-0.3, -0.25) is 4.79 Å². The molecule has 5 aromatic rings. The lowest BCUT2D eigenvalue weighted by atomic mass is 10.1. The first-order chi connectivity index (χ1) is 21.6. The Hall–Kier alpha value is -4.73. The van der Waals surface area contributed by atoms with Gasteiger partial charge in [-0.25, -0.2) is 4.98 Å². The molecule has 0 spiro atoms. The Morgan fingerprint density at radius 1 is 0.911 bits per heavy atom. The monoisotopic (exact) mass is 651 g/mol. The Bertz CT molecular complexity index is 1800. The highest BCUT2D eigenvalue weighted by molar-refractivity contribution is 6.36. The summed E-state index contributed by atoms with van der Waals surface area (Å²) in [6.07, 6.45) is 1.29. The van der Waals surface area contributed by atoms with Gasteiger partial charge in [0.15, 0.2) is 0 Å². The largest absolute Gasteiger partial charge is 0.468 e. The highest BCUT2D eigenvalue weighted by atomic mass is 35.5. The average Bonchev–Trinajstić information content (AvgIpc) is 3.41. The van der Waals surface area contributed by atoms with Crippen LogP contribution in [0.2, 0.25) is 10.0 Å². The topological polar surface area (TPSA) is 65.4 Å². The predicted molar refractivity (Wildman–Crippen MR) is 171 cm³/mol. The molecule has 0 radical (unpaired) electrons. The van der Waals surface area contributed by atoms with Crippen LogP contribution < -0.4 is 10.1 Å². The van der Waals surface area contributed by atoms with Crippen LogP contribution in [0.1, 0.15) is 22.5 Å². The molecule has 1 N–H and O–H groups in total. The summed E-state index contributed by atoms with van der Waals surface area (Å²) >= 11 is 12.6. The molecule has 0 atom stereocenters. The number of halogens is 5. The van der Waals surface area contributed by atoms with E-state index in [1.807, 2.05) is 65.4 Å². The van der Waals surface area contributed by atoms with Gasteiger partial charge in [0.25, 0.3) is 0 Å². The number of imidazole rings is 1. The third-order valence-electron chi connectivity index (χ3n) is 6.71. The molecule has 0 aliphatic heterocycles. The Labute approximate surface area is 267 Å². The number of alkyl halides is 3. The van der Waals surface area contributed by atoms with E-state index in [0.717, 1.165) is 34.5 Å². The number of rotatable bonds is 10. The standard InChI is InChI=1S/C34H26Cl2F3N3O3/c1-44-33(43)19-40-26-10-2-23(3-11-26)20-42-21-31(29-16-9-25(35)18-30(29)36)41-32(42)17-6-22-4-12-27(13-5-22)45-28-14-7-24(8-15-28)34(37,38)39/h2-18,21,40H,19-20H2,1H3. The quantitative estimate of drug-likeness (QED) is 0.152. The smallest absolute Gasteiger partial charge is 0.416 e. The number of carbonyl (C=O) groups is 1. The van der Waals surface area contributed by atoms with Crippen molar-refractivity contribution in [2.75, 3.05) is 19.0 Å². The summed E-state index contributed by atoms with van der Waals surface area (Å²) in [6.45, 7) is 0.578. The normalized spacial score (nSPS) is 11.5. The molecule has 45 heavy (non-hydrogen) atoms. The molecule has 11 heteroatoms. The van der Waals surface area contributed by atoms with Gasteiger partial charge in [-0.1, -0.05) is 53.5 Å². The molecule has 4 aromatic carbocycles. The molecule has 6 nitrogen and oxygen atoms in total. The zero-order valence-corrected chi connectivity index (χ0v) is 25.3. The van der Waals surface area contributed by atoms with Crippen molar-refractivity contribution in [1.29, 1.82) is 0 Å². The maximum absolute atomic E-state index is 12.8. The second-order valence-electron chi connectivity index (χ2n) is 9.89.